The van der Waals surface area contributed by atoms with Gasteiger partial charge in [0.2, 0.25) is 0 Å². The number of carbonyl (C=O) groups is 1. The maximum absolute atomic E-state index is 14.4. The molecule has 0 unspecified atom stereocenters. The SMILES string of the molecule is CCc1ncc(C(=O)NC[C@@H]2C[C@H](CO)N(C)[C@@H]2c2ccccc2F)cn1. The summed E-state index contributed by atoms with van der Waals surface area (Å²) in [6, 6.07) is 6.40. The maximum Gasteiger partial charge on any atom is 0.254 e. The number of hydrogen-bond donors (Lipinski definition) is 2. The molecule has 1 fully saturated rings. The summed E-state index contributed by atoms with van der Waals surface area (Å²) < 4.78 is 14.4. The molecule has 7 heteroatoms. The van der Waals surface area contributed by atoms with Crippen molar-refractivity contribution in [1.29, 1.82) is 0 Å². The highest BCUT2D eigenvalue weighted by Gasteiger charge is 2.40. The minimum atomic E-state index is -0.271. The summed E-state index contributed by atoms with van der Waals surface area (Å²) in [5, 5.41) is 12.6. The number of aliphatic hydroxyl groups is 1. The molecule has 3 rings (SSSR count). The van der Waals surface area contributed by atoms with E-state index in [0.717, 1.165) is 0 Å². The Labute approximate surface area is 158 Å². The first-order chi connectivity index (χ1) is 13.0. The van der Waals surface area contributed by atoms with Crippen molar-refractivity contribution in [3.63, 3.8) is 0 Å². The molecule has 1 aliphatic heterocycles. The lowest BCUT2D eigenvalue weighted by molar-refractivity contribution is 0.0942. The molecule has 1 aromatic carbocycles. The molecule has 1 amide bonds. The summed E-state index contributed by atoms with van der Waals surface area (Å²) in [7, 11) is 1.89. The smallest absolute Gasteiger partial charge is 0.254 e. The zero-order valence-electron chi connectivity index (χ0n) is 15.6. The molecule has 1 saturated heterocycles. The van der Waals surface area contributed by atoms with E-state index in [1.807, 2.05) is 18.9 Å². The third kappa shape index (κ3) is 4.14. The molecule has 2 heterocycles. The van der Waals surface area contributed by atoms with Gasteiger partial charge < -0.3 is 10.4 Å². The first kappa shape index (κ1) is 19.4. The second-order valence-corrected chi connectivity index (χ2v) is 6.92. The van der Waals surface area contributed by atoms with E-state index in [1.165, 1.54) is 18.5 Å². The summed E-state index contributed by atoms with van der Waals surface area (Å²) in [5.74, 6) is 0.158. The molecule has 0 saturated carbocycles. The average molecular weight is 372 g/mol. The summed E-state index contributed by atoms with van der Waals surface area (Å²) >= 11 is 0. The highest BCUT2D eigenvalue weighted by atomic mass is 19.1. The van der Waals surface area contributed by atoms with Crippen LogP contribution in [0.5, 0.6) is 0 Å². The highest BCUT2D eigenvalue weighted by Crippen LogP contribution is 2.40. The van der Waals surface area contributed by atoms with Crippen LogP contribution in [0.3, 0.4) is 0 Å². The lowest BCUT2D eigenvalue weighted by Crippen LogP contribution is -2.34. The monoisotopic (exact) mass is 372 g/mol. The van der Waals surface area contributed by atoms with Crippen molar-refractivity contribution in [2.24, 2.45) is 5.92 Å². The maximum atomic E-state index is 14.4. The number of amides is 1. The summed E-state index contributed by atoms with van der Waals surface area (Å²) in [6.45, 7) is 2.33. The number of nitrogens with one attached hydrogen (secondary N) is 1. The minimum Gasteiger partial charge on any atom is -0.395 e. The van der Waals surface area contributed by atoms with Crippen molar-refractivity contribution in [3.05, 3.63) is 59.4 Å². The molecular weight excluding hydrogens is 347 g/mol. The Bertz CT molecular complexity index is 784. The number of rotatable bonds is 6. The third-order valence-electron chi connectivity index (χ3n) is 5.28. The van der Waals surface area contributed by atoms with E-state index in [1.54, 1.807) is 18.2 Å². The molecular formula is C20H25FN4O2. The number of carbonyl (C=O) groups excluding carboxylic acids is 1. The number of benzene rings is 1. The fraction of sp³-hybridized carbons (Fsp3) is 0.450. The van der Waals surface area contributed by atoms with Crippen LogP contribution in [0.25, 0.3) is 0 Å². The molecule has 6 nitrogen and oxygen atoms in total. The van der Waals surface area contributed by atoms with Crippen molar-refractivity contribution >= 4 is 5.91 Å². The molecule has 2 aromatic rings. The van der Waals surface area contributed by atoms with Crippen LogP contribution in [0.2, 0.25) is 0 Å². The largest absolute Gasteiger partial charge is 0.395 e. The van der Waals surface area contributed by atoms with Crippen molar-refractivity contribution < 1.29 is 14.3 Å². The first-order valence-electron chi connectivity index (χ1n) is 9.21. The summed E-state index contributed by atoms with van der Waals surface area (Å²) in [4.78, 5) is 22.7. The van der Waals surface area contributed by atoms with E-state index in [0.29, 0.717) is 36.3 Å². The molecule has 0 bridgehead atoms. The van der Waals surface area contributed by atoms with Crippen LogP contribution in [-0.4, -0.2) is 52.1 Å². The molecule has 3 atom stereocenters. The Morgan fingerprint density at radius 3 is 2.67 bits per heavy atom. The summed E-state index contributed by atoms with van der Waals surface area (Å²) in [6.07, 6.45) is 4.43. The molecule has 0 spiro atoms. The molecule has 2 N–H and O–H groups in total. The van der Waals surface area contributed by atoms with Crippen LogP contribution in [0.15, 0.2) is 36.7 Å². The predicted octanol–water partition coefficient (Wildman–Crippen LogP) is 1.96. The lowest BCUT2D eigenvalue weighted by Gasteiger charge is -2.28. The number of aryl methyl sites for hydroxylation is 1. The van der Waals surface area contributed by atoms with Crippen molar-refractivity contribution in [2.45, 2.75) is 31.8 Å². The van der Waals surface area contributed by atoms with Gasteiger partial charge in [-0.25, -0.2) is 14.4 Å². The van der Waals surface area contributed by atoms with E-state index in [2.05, 4.69) is 15.3 Å². The second-order valence-electron chi connectivity index (χ2n) is 6.92. The van der Waals surface area contributed by atoms with Crippen LogP contribution in [-0.2, 0) is 6.42 Å². The highest BCUT2D eigenvalue weighted by molar-refractivity contribution is 5.93. The molecule has 27 heavy (non-hydrogen) atoms. The first-order valence-corrected chi connectivity index (χ1v) is 9.21. The fourth-order valence-corrected chi connectivity index (χ4v) is 3.77. The van der Waals surface area contributed by atoms with Crippen LogP contribution < -0.4 is 5.32 Å². The number of halogens is 1. The molecule has 1 aliphatic rings. The van der Waals surface area contributed by atoms with E-state index >= 15 is 0 Å². The second kappa shape index (κ2) is 8.54. The quantitative estimate of drug-likeness (QED) is 0.811. The Balaban J connectivity index is 1.73. The van der Waals surface area contributed by atoms with Gasteiger partial charge in [0, 0.05) is 43.0 Å². The lowest BCUT2D eigenvalue weighted by atomic mass is 9.92. The number of likely N-dealkylation sites (N-methyl/N-ethyl adjacent to an activating group) is 1. The Hall–Kier alpha value is -2.38. The van der Waals surface area contributed by atoms with Gasteiger partial charge in [0.15, 0.2) is 0 Å². The van der Waals surface area contributed by atoms with Crippen molar-refractivity contribution in [2.75, 3.05) is 20.2 Å². The van der Waals surface area contributed by atoms with Gasteiger partial charge in [-0.1, -0.05) is 25.1 Å². The van der Waals surface area contributed by atoms with Crippen LogP contribution >= 0.6 is 0 Å². The summed E-state index contributed by atoms with van der Waals surface area (Å²) in [5.41, 5.74) is 0.991. The van der Waals surface area contributed by atoms with E-state index < -0.39 is 0 Å². The Kier molecular flexibility index (Phi) is 6.13. The predicted molar refractivity (Wildman–Crippen MR) is 99.6 cm³/mol. The number of aromatic nitrogens is 2. The van der Waals surface area contributed by atoms with Gasteiger partial charge in [0.25, 0.3) is 5.91 Å². The normalized spacial score (nSPS) is 22.7. The van der Waals surface area contributed by atoms with Gasteiger partial charge in [-0.2, -0.15) is 0 Å². The topological polar surface area (TPSA) is 78.3 Å². The zero-order valence-corrected chi connectivity index (χ0v) is 15.6. The zero-order chi connectivity index (χ0) is 19.4. The molecule has 0 aliphatic carbocycles. The Morgan fingerprint density at radius 2 is 2.04 bits per heavy atom. The van der Waals surface area contributed by atoms with Gasteiger partial charge in [0.05, 0.1) is 12.2 Å². The number of hydrogen-bond acceptors (Lipinski definition) is 5. The fourth-order valence-electron chi connectivity index (χ4n) is 3.77. The van der Waals surface area contributed by atoms with E-state index in [9.17, 15) is 14.3 Å². The number of aliphatic hydroxyl groups excluding tert-OH is 1. The van der Waals surface area contributed by atoms with Crippen LogP contribution in [0, 0.1) is 11.7 Å². The van der Waals surface area contributed by atoms with Crippen molar-refractivity contribution in [3.8, 4) is 0 Å². The standard InChI is InChI=1S/C20H25FN4O2/c1-3-18-22-10-14(11-23-18)20(27)24-9-13-8-15(12-26)25(2)19(13)16-6-4-5-7-17(16)21/h4-7,10-11,13,15,19,26H,3,8-9,12H2,1-2H3,(H,24,27)/t13-,15+,19-/m0/s1. The van der Waals surface area contributed by atoms with Gasteiger partial charge in [0.1, 0.15) is 11.6 Å². The van der Waals surface area contributed by atoms with Gasteiger partial charge in [-0.3, -0.25) is 9.69 Å². The molecule has 144 valence electrons. The third-order valence-corrected chi connectivity index (χ3v) is 5.28. The minimum absolute atomic E-state index is 0.00177. The van der Waals surface area contributed by atoms with Crippen molar-refractivity contribution in [1.82, 2.24) is 20.2 Å². The number of likely N-dealkylation sites (tertiary alicyclic amines) is 1. The Morgan fingerprint density at radius 1 is 1.33 bits per heavy atom. The van der Waals surface area contributed by atoms with E-state index in [-0.39, 0.29) is 36.3 Å². The average Bonchev–Trinajstić information content (AvgIpc) is 3.02. The van der Waals surface area contributed by atoms with Gasteiger partial charge in [-0.15, -0.1) is 0 Å². The molecule has 1 aromatic heterocycles. The number of nitrogens with zero attached hydrogens (tertiary/aromatic N) is 3. The van der Waals surface area contributed by atoms with Gasteiger partial charge >= 0.3 is 0 Å². The van der Waals surface area contributed by atoms with E-state index in [4.69, 9.17) is 0 Å². The molecule has 0 radical (unpaired) electrons. The van der Waals surface area contributed by atoms with Crippen LogP contribution in [0.4, 0.5) is 4.39 Å². The van der Waals surface area contributed by atoms with Crippen LogP contribution in [0.1, 0.15) is 41.1 Å². The van der Waals surface area contributed by atoms with Gasteiger partial charge in [-0.05, 0) is 25.5 Å².